The highest BCUT2D eigenvalue weighted by molar-refractivity contribution is 5.96. The first-order chi connectivity index (χ1) is 13.1. The van der Waals surface area contributed by atoms with Crippen LogP contribution in [-0.2, 0) is 11.3 Å². The zero-order chi connectivity index (χ0) is 20.7. The molecular weight excluding hydrogens is 373 g/mol. The van der Waals surface area contributed by atoms with E-state index < -0.39 is 36.4 Å². The van der Waals surface area contributed by atoms with Crippen molar-refractivity contribution in [3.63, 3.8) is 0 Å². The molecule has 1 N–H and O–H groups in total. The van der Waals surface area contributed by atoms with Crippen molar-refractivity contribution in [3.8, 4) is 0 Å². The topological polar surface area (TPSA) is 62.5 Å². The predicted octanol–water partition coefficient (Wildman–Crippen LogP) is 3.63. The average molecular weight is 394 g/mol. The van der Waals surface area contributed by atoms with Gasteiger partial charge in [-0.15, -0.1) is 0 Å². The number of nitrogens with zero attached hydrogens (tertiary/aromatic N) is 2. The summed E-state index contributed by atoms with van der Waals surface area (Å²) in [6.07, 6.45) is -5.56. The van der Waals surface area contributed by atoms with Crippen LogP contribution in [0.25, 0.3) is 0 Å². The highest BCUT2D eigenvalue weighted by Crippen LogP contribution is 2.46. The predicted molar refractivity (Wildman–Crippen MR) is 96.1 cm³/mol. The van der Waals surface area contributed by atoms with Gasteiger partial charge in [-0.1, -0.05) is 30.3 Å². The van der Waals surface area contributed by atoms with Gasteiger partial charge in [0.25, 0.3) is 5.91 Å². The molecule has 1 aliphatic heterocycles. The van der Waals surface area contributed by atoms with Gasteiger partial charge >= 0.3 is 12.1 Å². The van der Waals surface area contributed by atoms with Crippen LogP contribution in [0.1, 0.15) is 33.7 Å². The fourth-order valence-electron chi connectivity index (χ4n) is 3.71. The zero-order valence-corrected chi connectivity index (χ0v) is 15.6. The van der Waals surface area contributed by atoms with E-state index in [1.807, 2.05) is 41.8 Å². The molecule has 1 aromatic heterocycles. The van der Waals surface area contributed by atoms with Crippen molar-refractivity contribution in [2.24, 2.45) is 5.41 Å². The SMILES string of the molecule is Cc1cc(C(=O)N2CCC(C(=O)O)(C(F)(F)F)C2)c(C)n1Cc1ccccc1. The van der Waals surface area contributed by atoms with E-state index in [-0.39, 0.29) is 6.54 Å². The number of carbonyl (C=O) groups is 2. The molecule has 1 saturated heterocycles. The quantitative estimate of drug-likeness (QED) is 0.861. The number of halogens is 3. The van der Waals surface area contributed by atoms with Gasteiger partial charge in [0, 0.05) is 31.0 Å². The summed E-state index contributed by atoms with van der Waals surface area (Å²) in [7, 11) is 0. The van der Waals surface area contributed by atoms with Crippen molar-refractivity contribution < 1.29 is 27.9 Å². The third-order valence-electron chi connectivity index (χ3n) is 5.50. The van der Waals surface area contributed by atoms with E-state index in [0.717, 1.165) is 16.2 Å². The zero-order valence-electron chi connectivity index (χ0n) is 15.6. The molecule has 0 radical (unpaired) electrons. The Balaban J connectivity index is 1.86. The Kier molecular flexibility index (Phi) is 4.99. The fraction of sp³-hybridized carbons (Fsp3) is 0.400. The third kappa shape index (κ3) is 3.27. The smallest absolute Gasteiger partial charge is 0.406 e. The number of aromatic nitrogens is 1. The van der Waals surface area contributed by atoms with Crippen LogP contribution in [0, 0.1) is 19.3 Å². The number of hydrogen-bond donors (Lipinski definition) is 1. The number of alkyl halides is 3. The number of hydrogen-bond acceptors (Lipinski definition) is 2. The number of carbonyl (C=O) groups excluding carboxylic acids is 1. The minimum atomic E-state index is -4.92. The number of aryl methyl sites for hydroxylation is 1. The van der Waals surface area contributed by atoms with Gasteiger partial charge in [0.1, 0.15) is 0 Å². The van der Waals surface area contributed by atoms with Crippen LogP contribution in [-0.4, -0.2) is 45.7 Å². The van der Waals surface area contributed by atoms with E-state index in [1.54, 1.807) is 13.0 Å². The first kappa shape index (κ1) is 20.0. The van der Waals surface area contributed by atoms with E-state index in [0.29, 0.717) is 17.8 Å². The summed E-state index contributed by atoms with van der Waals surface area (Å²) >= 11 is 0. The second kappa shape index (κ2) is 7.00. The molecule has 1 unspecified atom stereocenters. The Bertz CT molecular complexity index is 905. The van der Waals surface area contributed by atoms with E-state index in [2.05, 4.69) is 0 Å². The summed E-state index contributed by atoms with van der Waals surface area (Å²) in [5, 5.41) is 9.17. The number of benzene rings is 1. The molecule has 28 heavy (non-hydrogen) atoms. The number of amides is 1. The number of carboxylic acids is 1. The van der Waals surface area contributed by atoms with Crippen LogP contribution in [0.5, 0.6) is 0 Å². The van der Waals surface area contributed by atoms with Crippen molar-refractivity contribution in [1.29, 1.82) is 0 Å². The molecule has 0 saturated carbocycles. The van der Waals surface area contributed by atoms with Crippen molar-refractivity contribution in [2.75, 3.05) is 13.1 Å². The highest BCUT2D eigenvalue weighted by Gasteiger charge is 2.64. The number of carboxylic acid groups (broad SMARTS) is 1. The molecule has 0 spiro atoms. The Hall–Kier alpha value is -2.77. The first-order valence-corrected chi connectivity index (χ1v) is 8.87. The molecule has 2 aromatic rings. The van der Waals surface area contributed by atoms with Crippen molar-refractivity contribution in [3.05, 3.63) is 58.9 Å². The molecule has 1 aliphatic rings. The third-order valence-corrected chi connectivity index (χ3v) is 5.50. The Morgan fingerprint density at radius 2 is 1.82 bits per heavy atom. The van der Waals surface area contributed by atoms with Crippen LogP contribution in [0.4, 0.5) is 13.2 Å². The second-order valence-electron chi connectivity index (χ2n) is 7.22. The average Bonchev–Trinajstić information content (AvgIpc) is 3.20. The minimum absolute atomic E-state index is 0.243. The lowest BCUT2D eigenvalue weighted by Crippen LogP contribution is -2.47. The summed E-state index contributed by atoms with van der Waals surface area (Å²) in [4.78, 5) is 25.2. The normalized spacial score (nSPS) is 19.8. The Morgan fingerprint density at radius 1 is 1.18 bits per heavy atom. The number of rotatable bonds is 4. The van der Waals surface area contributed by atoms with E-state index in [1.165, 1.54) is 0 Å². The molecule has 8 heteroatoms. The van der Waals surface area contributed by atoms with Crippen molar-refractivity contribution in [1.82, 2.24) is 9.47 Å². The van der Waals surface area contributed by atoms with Crippen molar-refractivity contribution >= 4 is 11.9 Å². The van der Waals surface area contributed by atoms with Crippen molar-refractivity contribution in [2.45, 2.75) is 33.0 Å². The summed E-state index contributed by atoms with van der Waals surface area (Å²) in [5.41, 5.74) is -0.114. The number of likely N-dealkylation sites (tertiary alicyclic amines) is 1. The lowest BCUT2D eigenvalue weighted by atomic mass is 9.86. The molecule has 0 aliphatic carbocycles. The van der Waals surface area contributed by atoms with Gasteiger partial charge in [-0.2, -0.15) is 13.2 Å². The second-order valence-corrected chi connectivity index (χ2v) is 7.22. The van der Waals surface area contributed by atoms with E-state index in [4.69, 9.17) is 0 Å². The lowest BCUT2D eigenvalue weighted by Gasteiger charge is -2.27. The van der Waals surface area contributed by atoms with Gasteiger partial charge in [-0.25, -0.2) is 0 Å². The van der Waals surface area contributed by atoms with Gasteiger partial charge in [-0.05, 0) is 31.9 Å². The van der Waals surface area contributed by atoms with Crippen LogP contribution in [0.3, 0.4) is 0 Å². The molecule has 5 nitrogen and oxygen atoms in total. The van der Waals surface area contributed by atoms with Gasteiger partial charge in [0.15, 0.2) is 5.41 Å². The van der Waals surface area contributed by atoms with Gasteiger partial charge < -0.3 is 14.6 Å². The largest absolute Gasteiger partial charge is 0.481 e. The maximum atomic E-state index is 13.4. The lowest BCUT2D eigenvalue weighted by molar-refractivity contribution is -0.227. The molecule has 1 aromatic carbocycles. The molecule has 0 bridgehead atoms. The molecule has 2 heterocycles. The maximum absolute atomic E-state index is 13.4. The summed E-state index contributed by atoms with van der Waals surface area (Å²) in [6, 6.07) is 11.3. The maximum Gasteiger partial charge on any atom is 0.406 e. The van der Waals surface area contributed by atoms with Crippen LogP contribution in [0.15, 0.2) is 36.4 Å². The molecular formula is C20H21F3N2O3. The molecule has 1 fully saturated rings. The summed E-state index contributed by atoms with van der Waals surface area (Å²) in [6.45, 7) is 2.99. The van der Waals surface area contributed by atoms with Gasteiger partial charge in [-0.3, -0.25) is 9.59 Å². The van der Waals surface area contributed by atoms with Crippen LogP contribution >= 0.6 is 0 Å². The first-order valence-electron chi connectivity index (χ1n) is 8.87. The van der Waals surface area contributed by atoms with Crippen LogP contribution < -0.4 is 0 Å². The molecule has 3 rings (SSSR count). The summed E-state index contributed by atoms with van der Waals surface area (Å²) in [5.74, 6) is -2.51. The Labute approximate surface area is 160 Å². The molecule has 150 valence electrons. The number of aliphatic carboxylic acids is 1. The van der Waals surface area contributed by atoms with Gasteiger partial charge in [0.05, 0.1) is 5.56 Å². The monoisotopic (exact) mass is 394 g/mol. The molecule has 1 atom stereocenters. The van der Waals surface area contributed by atoms with E-state index in [9.17, 15) is 27.9 Å². The standard InChI is InChI=1S/C20H21F3N2O3/c1-13-10-16(14(2)25(13)11-15-6-4-3-5-7-15)17(26)24-9-8-19(12-24,18(27)28)20(21,22)23/h3-7,10H,8-9,11-12H2,1-2H3,(H,27,28). The highest BCUT2D eigenvalue weighted by atomic mass is 19.4. The minimum Gasteiger partial charge on any atom is -0.481 e. The molecule has 1 amide bonds. The van der Waals surface area contributed by atoms with E-state index >= 15 is 0 Å². The Morgan fingerprint density at radius 3 is 2.36 bits per heavy atom. The van der Waals surface area contributed by atoms with Gasteiger partial charge in [0.2, 0.25) is 0 Å². The fourth-order valence-corrected chi connectivity index (χ4v) is 3.71. The van der Waals surface area contributed by atoms with Crippen LogP contribution in [0.2, 0.25) is 0 Å². The summed E-state index contributed by atoms with van der Waals surface area (Å²) < 4.78 is 42.0.